The van der Waals surface area contributed by atoms with Crippen molar-refractivity contribution in [1.29, 1.82) is 0 Å². The number of nitrogens with one attached hydrogen (secondary N) is 2. The Morgan fingerprint density at radius 2 is 1.92 bits per heavy atom. The van der Waals surface area contributed by atoms with E-state index >= 15 is 0 Å². The van der Waals surface area contributed by atoms with Crippen LogP contribution in [-0.2, 0) is 14.3 Å². The molecule has 1 aromatic carbocycles. The fraction of sp³-hybridized carbons (Fsp3) is 0.500. The maximum Gasteiger partial charge on any atom is 0.326 e. The van der Waals surface area contributed by atoms with Crippen molar-refractivity contribution in [3.05, 3.63) is 23.8 Å². The normalized spacial score (nSPS) is 16.8. The summed E-state index contributed by atoms with van der Waals surface area (Å²) in [6.45, 7) is 1.31. The van der Waals surface area contributed by atoms with E-state index in [1.54, 1.807) is 18.2 Å². The summed E-state index contributed by atoms with van der Waals surface area (Å²) in [5, 5.41) is 5.34. The molecule has 1 atom stereocenters. The van der Waals surface area contributed by atoms with Crippen molar-refractivity contribution in [3.8, 4) is 11.5 Å². The van der Waals surface area contributed by atoms with Gasteiger partial charge in [-0.3, -0.25) is 14.4 Å². The van der Waals surface area contributed by atoms with Crippen LogP contribution in [0.4, 0.5) is 0 Å². The molecule has 3 rings (SSSR count). The highest BCUT2D eigenvalue weighted by molar-refractivity contribution is 5.96. The van der Waals surface area contributed by atoms with Crippen LogP contribution < -0.4 is 20.1 Å². The predicted molar refractivity (Wildman–Crippen MR) is 90.9 cm³/mol. The third-order valence-electron chi connectivity index (χ3n) is 4.41. The van der Waals surface area contributed by atoms with Crippen molar-refractivity contribution in [2.75, 3.05) is 13.3 Å². The molecule has 8 nitrogen and oxygen atoms in total. The maximum atomic E-state index is 12.1. The number of hydrogen-bond donors (Lipinski definition) is 2. The van der Waals surface area contributed by atoms with Gasteiger partial charge < -0.3 is 24.8 Å². The molecule has 2 aliphatic rings. The van der Waals surface area contributed by atoms with Gasteiger partial charge in [-0.1, -0.05) is 12.8 Å². The van der Waals surface area contributed by atoms with Crippen LogP contribution in [0.25, 0.3) is 0 Å². The molecule has 1 aromatic rings. The Bertz CT molecular complexity index is 699. The van der Waals surface area contributed by atoms with Crippen molar-refractivity contribution in [3.63, 3.8) is 0 Å². The molecule has 1 aliphatic carbocycles. The van der Waals surface area contributed by atoms with E-state index in [0.29, 0.717) is 17.1 Å². The number of amides is 2. The SMILES string of the molecule is C[C@H](OC(=O)CNC(=O)c1ccc2c(c1)OCO2)C(=O)NC1CCCC1. The van der Waals surface area contributed by atoms with E-state index in [-0.39, 0.29) is 25.3 Å². The Labute approximate surface area is 151 Å². The molecule has 2 amide bonds. The Hall–Kier alpha value is -2.77. The molecule has 0 radical (unpaired) electrons. The first-order valence-electron chi connectivity index (χ1n) is 8.70. The number of ether oxygens (including phenoxy) is 3. The first-order chi connectivity index (χ1) is 12.5. The number of benzene rings is 1. The zero-order valence-corrected chi connectivity index (χ0v) is 14.6. The van der Waals surface area contributed by atoms with Crippen LogP contribution in [0, 0.1) is 0 Å². The van der Waals surface area contributed by atoms with E-state index < -0.39 is 18.0 Å². The van der Waals surface area contributed by atoms with E-state index in [0.717, 1.165) is 25.7 Å². The highest BCUT2D eigenvalue weighted by atomic mass is 16.7. The van der Waals surface area contributed by atoms with Gasteiger partial charge >= 0.3 is 5.97 Å². The second kappa shape index (κ2) is 8.07. The van der Waals surface area contributed by atoms with Gasteiger partial charge in [0.15, 0.2) is 17.6 Å². The van der Waals surface area contributed by atoms with Crippen LogP contribution in [-0.4, -0.2) is 43.3 Å². The molecule has 26 heavy (non-hydrogen) atoms. The van der Waals surface area contributed by atoms with E-state index in [1.165, 1.54) is 6.92 Å². The number of carbonyl (C=O) groups is 3. The van der Waals surface area contributed by atoms with Crippen LogP contribution in [0.2, 0.25) is 0 Å². The van der Waals surface area contributed by atoms with Gasteiger partial charge in [0.05, 0.1) is 0 Å². The quantitative estimate of drug-likeness (QED) is 0.736. The minimum absolute atomic E-state index is 0.119. The van der Waals surface area contributed by atoms with Crippen LogP contribution in [0.1, 0.15) is 43.0 Å². The smallest absolute Gasteiger partial charge is 0.326 e. The van der Waals surface area contributed by atoms with Gasteiger partial charge in [0.25, 0.3) is 11.8 Å². The van der Waals surface area contributed by atoms with Gasteiger partial charge in [-0.2, -0.15) is 0 Å². The third-order valence-corrected chi connectivity index (χ3v) is 4.41. The summed E-state index contributed by atoms with van der Waals surface area (Å²) in [5.41, 5.74) is 0.342. The zero-order valence-electron chi connectivity index (χ0n) is 14.6. The molecule has 1 heterocycles. The number of hydrogen-bond acceptors (Lipinski definition) is 6. The van der Waals surface area contributed by atoms with Crippen molar-refractivity contribution < 1.29 is 28.6 Å². The lowest BCUT2D eigenvalue weighted by Gasteiger charge is -2.17. The topological polar surface area (TPSA) is 103 Å². The van der Waals surface area contributed by atoms with Gasteiger partial charge in [-0.15, -0.1) is 0 Å². The highest BCUT2D eigenvalue weighted by Gasteiger charge is 2.23. The molecule has 0 bridgehead atoms. The maximum absolute atomic E-state index is 12.1. The first kappa shape index (κ1) is 18.0. The molecule has 0 saturated heterocycles. The van der Waals surface area contributed by atoms with E-state index in [9.17, 15) is 14.4 Å². The molecule has 0 unspecified atom stereocenters. The lowest BCUT2D eigenvalue weighted by molar-refractivity contribution is -0.154. The zero-order chi connectivity index (χ0) is 18.5. The van der Waals surface area contributed by atoms with Gasteiger partial charge in [-0.25, -0.2) is 0 Å². The highest BCUT2D eigenvalue weighted by Crippen LogP contribution is 2.32. The van der Waals surface area contributed by atoms with Gasteiger partial charge in [0.2, 0.25) is 6.79 Å². The molecule has 0 spiro atoms. The number of fused-ring (bicyclic) bond motifs is 1. The summed E-state index contributed by atoms with van der Waals surface area (Å²) in [6, 6.07) is 4.91. The Kier molecular flexibility index (Phi) is 5.60. The number of rotatable bonds is 6. The molecule has 8 heteroatoms. The molecule has 1 fully saturated rings. The largest absolute Gasteiger partial charge is 0.454 e. The molecule has 0 aromatic heterocycles. The Morgan fingerprint density at radius 3 is 2.69 bits per heavy atom. The van der Waals surface area contributed by atoms with Crippen molar-refractivity contribution in [1.82, 2.24) is 10.6 Å². The van der Waals surface area contributed by atoms with Crippen molar-refractivity contribution in [2.24, 2.45) is 0 Å². The summed E-state index contributed by atoms with van der Waals surface area (Å²) < 4.78 is 15.5. The monoisotopic (exact) mass is 362 g/mol. The molecule has 1 saturated carbocycles. The lowest BCUT2D eigenvalue weighted by atomic mass is 10.2. The summed E-state index contributed by atoms with van der Waals surface area (Å²) in [7, 11) is 0. The second-order valence-corrected chi connectivity index (χ2v) is 6.37. The van der Waals surface area contributed by atoms with Crippen LogP contribution in [0.5, 0.6) is 11.5 Å². The minimum Gasteiger partial charge on any atom is -0.454 e. The van der Waals surface area contributed by atoms with Gasteiger partial charge in [0, 0.05) is 11.6 Å². The average Bonchev–Trinajstić information content (AvgIpc) is 3.30. The van der Waals surface area contributed by atoms with Crippen LogP contribution in [0.3, 0.4) is 0 Å². The van der Waals surface area contributed by atoms with Gasteiger partial charge in [-0.05, 0) is 38.0 Å². The first-order valence-corrected chi connectivity index (χ1v) is 8.70. The van der Waals surface area contributed by atoms with E-state index in [1.807, 2.05) is 0 Å². The molecular weight excluding hydrogens is 340 g/mol. The van der Waals surface area contributed by atoms with Crippen LogP contribution >= 0.6 is 0 Å². The molecule has 1 aliphatic heterocycles. The lowest BCUT2D eigenvalue weighted by Crippen LogP contribution is -2.42. The fourth-order valence-electron chi connectivity index (χ4n) is 2.97. The van der Waals surface area contributed by atoms with Crippen LogP contribution in [0.15, 0.2) is 18.2 Å². The Morgan fingerprint density at radius 1 is 1.19 bits per heavy atom. The summed E-state index contributed by atoms with van der Waals surface area (Å²) >= 11 is 0. The number of carbonyl (C=O) groups excluding carboxylic acids is 3. The summed E-state index contributed by atoms with van der Waals surface area (Å²) in [4.78, 5) is 36.0. The van der Waals surface area contributed by atoms with E-state index in [2.05, 4.69) is 10.6 Å². The predicted octanol–water partition coefficient (Wildman–Crippen LogP) is 1.14. The fourth-order valence-corrected chi connectivity index (χ4v) is 2.97. The van der Waals surface area contributed by atoms with Crippen molar-refractivity contribution >= 4 is 17.8 Å². The van der Waals surface area contributed by atoms with Gasteiger partial charge in [0.1, 0.15) is 6.54 Å². The molecular formula is C18H22N2O6. The second-order valence-electron chi connectivity index (χ2n) is 6.37. The summed E-state index contributed by atoms with van der Waals surface area (Å²) in [5.74, 6) is -0.371. The average molecular weight is 362 g/mol. The summed E-state index contributed by atoms with van der Waals surface area (Å²) in [6.07, 6.45) is 3.22. The standard InChI is InChI=1S/C18H22N2O6/c1-11(17(22)20-13-4-2-3-5-13)26-16(21)9-19-18(23)12-6-7-14-15(8-12)25-10-24-14/h6-8,11,13H,2-5,9-10H2,1H3,(H,19,23)(H,20,22)/t11-/m0/s1. The van der Waals surface area contributed by atoms with Crippen molar-refractivity contribution in [2.45, 2.75) is 44.8 Å². The molecule has 140 valence electrons. The third kappa shape index (κ3) is 4.44. The number of esters is 1. The Balaban J connectivity index is 1.43. The minimum atomic E-state index is -0.898. The van der Waals surface area contributed by atoms with E-state index in [4.69, 9.17) is 14.2 Å². The molecule has 2 N–H and O–H groups in total.